The highest BCUT2D eigenvalue weighted by molar-refractivity contribution is 8.28. The van der Waals surface area contributed by atoms with Crippen molar-refractivity contribution in [3.05, 3.63) is 60.7 Å². The van der Waals surface area contributed by atoms with Gasteiger partial charge in [-0.3, -0.25) is 4.99 Å². The average molecular weight is 315 g/mol. The highest BCUT2D eigenvalue weighted by atomic mass is 32.2. The van der Waals surface area contributed by atoms with E-state index in [1.165, 1.54) is 15.4 Å². The molecule has 0 bridgehead atoms. The number of thioether (sulfide) groups is 1. The first-order valence-corrected chi connectivity index (χ1v) is 9.55. The molecule has 0 saturated heterocycles. The van der Waals surface area contributed by atoms with E-state index in [0.29, 0.717) is 5.25 Å². The van der Waals surface area contributed by atoms with Gasteiger partial charge in [0.15, 0.2) is 0 Å². The van der Waals surface area contributed by atoms with Crippen LogP contribution in [0.25, 0.3) is 0 Å². The fraction of sp³-hybridized carbons (Fsp3) is 0.278. The van der Waals surface area contributed by atoms with Crippen LogP contribution in [-0.4, -0.2) is 16.6 Å². The van der Waals surface area contributed by atoms with Crippen molar-refractivity contribution >= 4 is 35.1 Å². The fourth-order valence-electron chi connectivity index (χ4n) is 2.03. The molecule has 2 aromatic carbocycles. The van der Waals surface area contributed by atoms with Crippen molar-refractivity contribution in [2.75, 3.05) is 6.54 Å². The van der Waals surface area contributed by atoms with Gasteiger partial charge in [0.1, 0.15) is 0 Å². The van der Waals surface area contributed by atoms with Crippen LogP contribution in [0.5, 0.6) is 0 Å². The monoisotopic (exact) mass is 315 g/mol. The molecule has 0 fully saturated rings. The zero-order valence-corrected chi connectivity index (χ0v) is 14.6. The molecule has 0 N–H and O–H groups in total. The Kier molecular flexibility index (Phi) is 6.48. The molecule has 0 atom stereocenters. The van der Waals surface area contributed by atoms with Gasteiger partial charge < -0.3 is 0 Å². The summed E-state index contributed by atoms with van der Waals surface area (Å²) in [6.07, 6.45) is 0. The lowest BCUT2D eigenvalue weighted by molar-refractivity contribution is 1.12. The van der Waals surface area contributed by atoms with Gasteiger partial charge in [-0.25, -0.2) is 0 Å². The van der Waals surface area contributed by atoms with E-state index in [4.69, 9.17) is 4.99 Å². The Labute approximate surface area is 133 Å². The molecule has 0 aliphatic rings. The smallest absolute Gasteiger partial charge is 0.0993 e. The van der Waals surface area contributed by atoms with Crippen molar-refractivity contribution < 1.29 is 0 Å². The van der Waals surface area contributed by atoms with Gasteiger partial charge in [0.25, 0.3) is 0 Å². The molecule has 0 heterocycles. The van der Waals surface area contributed by atoms with Crippen LogP contribution >= 0.6 is 19.7 Å². The van der Waals surface area contributed by atoms with E-state index < -0.39 is 7.92 Å². The first-order valence-electron chi connectivity index (χ1n) is 7.33. The molecular weight excluding hydrogens is 293 g/mol. The van der Waals surface area contributed by atoms with Crippen molar-refractivity contribution in [1.29, 1.82) is 0 Å². The number of rotatable bonds is 5. The zero-order chi connectivity index (χ0) is 15.1. The molecule has 0 radical (unpaired) electrons. The van der Waals surface area contributed by atoms with E-state index in [0.717, 1.165) is 6.54 Å². The summed E-state index contributed by atoms with van der Waals surface area (Å²) in [6, 6.07) is 21.6. The number of hydrogen-bond donors (Lipinski definition) is 0. The molecule has 21 heavy (non-hydrogen) atoms. The number of aliphatic imine (C=N–C) groups is 1. The third-order valence-corrected chi connectivity index (χ3v) is 6.68. The lowest BCUT2D eigenvalue weighted by Gasteiger charge is -2.21. The summed E-state index contributed by atoms with van der Waals surface area (Å²) >= 11 is 1.90. The Bertz CT molecular complexity index is 527. The SMILES string of the molecule is CCN=C(SC(C)C)P(c1ccccc1)c1ccccc1. The molecule has 0 aliphatic carbocycles. The highest BCUT2D eigenvalue weighted by Gasteiger charge is 2.21. The van der Waals surface area contributed by atoms with Gasteiger partial charge in [-0.15, -0.1) is 11.8 Å². The second-order valence-corrected chi connectivity index (χ2v) is 8.93. The third kappa shape index (κ3) is 4.69. The fourth-order valence-corrected chi connectivity index (χ4v) is 6.31. The van der Waals surface area contributed by atoms with Crippen LogP contribution in [0.3, 0.4) is 0 Å². The second kappa shape index (κ2) is 8.36. The van der Waals surface area contributed by atoms with E-state index in [9.17, 15) is 0 Å². The summed E-state index contributed by atoms with van der Waals surface area (Å²) in [6.45, 7) is 7.43. The van der Waals surface area contributed by atoms with Crippen molar-refractivity contribution in [2.24, 2.45) is 4.99 Å². The minimum Gasteiger partial charge on any atom is -0.278 e. The van der Waals surface area contributed by atoms with Crippen molar-refractivity contribution in [1.82, 2.24) is 0 Å². The van der Waals surface area contributed by atoms with Crippen molar-refractivity contribution in [2.45, 2.75) is 26.0 Å². The molecule has 0 saturated carbocycles. The van der Waals surface area contributed by atoms with Crippen LogP contribution in [0.15, 0.2) is 65.7 Å². The van der Waals surface area contributed by atoms with E-state index >= 15 is 0 Å². The second-order valence-electron chi connectivity index (χ2n) is 4.93. The standard InChI is InChI=1S/C18H22NPS/c1-4-19-18(21-15(2)3)20(16-11-7-5-8-12-16)17-13-9-6-10-14-17/h5-15H,4H2,1-3H3. The summed E-state index contributed by atoms with van der Waals surface area (Å²) < 4.78 is 0. The number of nitrogens with zero attached hydrogens (tertiary/aromatic N) is 1. The Balaban J connectivity index is 2.47. The van der Waals surface area contributed by atoms with E-state index in [1.807, 2.05) is 11.8 Å². The summed E-state index contributed by atoms with van der Waals surface area (Å²) in [5, 5.41) is 3.30. The maximum Gasteiger partial charge on any atom is 0.0993 e. The maximum absolute atomic E-state index is 4.83. The van der Waals surface area contributed by atoms with E-state index in [1.54, 1.807) is 0 Å². The first-order chi connectivity index (χ1) is 10.2. The van der Waals surface area contributed by atoms with Gasteiger partial charge in [-0.1, -0.05) is 74.5 Å². The van der Waals surface area contributed by atoms with Gasteiger partial charge in [0.2, 0.25) is 0 Å². The summed E-state index contributed by atoms with van der Waals surface area (Å²) in [7, 11) is -0.540. The molecular formula is C18H22NPS. The third-order valence-electron chi connectivity index (χ3n) is 2.85. The molecule has 0 amide bonds. The van der Waals surface area contributed by atoms with Crippen molar-refractivity contribution in [3.63, 3.8) is 0 Å². The lowest BCUT2D eigenvalue weighted by Crippen LogP contribution is -2.17. The van der Waals surface area contributed by atoms with Gasteiger partial charge in [-0.05, 0) is 17.5 Å². The highest BCUT2D eigenvalue weighted by Crippen LogP contribution is 2.41. The molecule has 1 nitrogen and oxygen atoms in total. The summed E-state index contributed by atoms with van der Waals surface area (Å²) in [4.78, 5) is 6.10. The predicted molar refractivity (Wildman–Crippen MR) is 99.8 cm³/mol. The minimum absolute atomic E-state index is 0.540. The van der Waals surface area contributed by atoms with E-state index in [-0.39, 0.29) is 0 Å². The van der Waals surface area contributed by atoms with Crippen LogP contribution in [-0.2, 0) is 0 Å². The van der Waals surface area contributed by atoms with Crippen LogP contribution in [0.2, 0.25) is 0 Å². The molecule has 2 rings (SSSR count). The quantitative estimate of drug-likeness (QED) is 0.445. The Morgan fingerprint density at radius 2 is 1.43 bits per heavy atom. The Hall–Kier alpha value is -1.11. The van der Waals surface area contributed by atoms with Crippen LogP contribution in [0, 0.1) is 0 Å². The largest absolute Gasteiger partial charge is 0.278 e. The molecule has 0 unspecified atom stereocenters. The van der Waals surface area contributed by atoms with Crippen LogP contribution in [0.4, 0.5) is 0 Å². The number of benzene rings is 2. The molecule has 3 heteroatoms. The molecule has 0 spiro atoms. The minimum atomic E-state index is -0.540. The van der Waals surface area contributed by atoms with Gasteiger partial charge in [0, 0.05) is 19.7 Å². The normalized spacial score (nSPS) is 12.1. The Morgan fingerprint density at radius 1 is 0.952 bits per heavy atom. The molecule has 110 valence electrons. The summed E-state index contributed by atoms with van der Waals surface area (Å²) in [5.41, 5.74) is 0. The van der Waals surface area contributed by atoms with Crippen molar-refractivity contribution in [3.8, 4) is 0 Å². The van der Waals surface area contributed by atoms with Gasteiger partial charge in [0.05, 0.1) is 4.78 Å². The topological polar surface area (TPSA) is 12.4 Å². The van der Waals surface area contributed by atoms with Gasteiger partial charge >= 0.3 is 0 Å². The maximum atomic E-state index is 4.83. The predicted octanol–water partition coefficient (Wildman–Crippen LogP) is 4.64. The molecule has 0 aromatic heterocycles. The Morgan fingerprint density at radius 3 is 1.81 bits per heavy atom. The van der Waals surface area contributed by atoms with Gasteiger partial charge in [-0.2, -0.15) is 0 Å². The first kappa shape index (κ1) is 16.3. The lowest BCUT2D eigenvalue weighted by atomic mass is 10.4. The van der Waals surface area contributed by atoms with Crippen LogP contribution < -0.4 is 10.6 Å². The molecule has 2 aromatic rings. The summed E-state index contributed by atoms with van der Waals surface area (Å²) in [5.74, 6) is 0. The average Bonchev–Trinajstić information content (AvgIpc) is 2.49. The molecule has 0 aliphatic heterocycles. The zero-order valence-electron chi connectivity index (χ0n) is 12.9. The number of hydrogen-bond acceptors (Lipinski definition) is 2. The van der Waals surface area contributed by atoms with Crippen LogP contribution in [0.1, 0.15) is 20.8 Å². The van der Waals surface area contributed by atoms with E-state index in [2.05, 4.69) is 81.4 Å².